The number of ether oxygens (including phenoxy) is 2. The number of aliphatic imine (C=N–C) groups is 1. The van der Waals surface area contributed by atoms with Crippen molar-refractivity contribution in [3.63, 3.8) is 0 Å². The molecule has 1 heterocycles. The molecule has 0 aliphatic heterocycles. The highest BCUT2D eigenvalue weighted by molar-refractivity contribution is 14.0. The van der Waals surface area contributed by atoms with Crippen molar-refractivity contribution < 1.29 is 14.0 Å². The lowest BCUT2D eigenvalue weighted by Gasteiger charge is -2.13. The number of benzene rings is 1. The van der Waals surface area contributed by atoms with Crippen LogP contribution >= 0.6 is 24.0 Å². The second-order valence-electron chi connectivity index (χ2n) is 4.68. The molecule has 24 heavy (non-hydrogen) atoms. The molecule has 0 radical (unpaired) electrons. The Morgan fingerprint density at radius 1 is 1.25 bits per heavy atom. The largest absolute Gasteiger partial charge is 0.493 e. The van der Waals surface area contributed by atoms with Crippen LogP contribution in [0.5, 0.6) is 11.5 Å². The van der Waals surface area contributed by atoms with E-state index in [4.69, 9.17) is 14.0 Å². The van der Waals surface area contributed by atoms with Crippen LogP contribution in [0.3, 0.4) is 0 Å². The predicted molar refractivity (Wildman–Crippen MR) is 103 cm³/mol. The number of nitrogens with one attached hydrogen (secondary N) is 2. The van der Waals surface area contributed by atoms with E-state index in [0.29, 0.717) is 42.1 Å². The third-order valence-corrected chi connectivity index (χ3v) is 3.07. The second kappa shape index (κ2) is 9.96. The zero-order chi connectivity index (χ0) is 16.7. The molecule has 0 spiro atoms. The molecule has 0 bridgehead atoms. The van der Waals surface area contributed by atoms with E-state index in [-0.39, 0.29) is 24.0 Å². The summed E-state index contributed by atoms with van der Waals surface area (Å²) in [7, 11) is 4.90. The first-order valence-corrected chi connectivity index (χ1v) is 7.15. The van der Waals surface area contributed by atoms with Crippen molar-refractivity contribution in [3.8, 4) is 11.5 Å². The van der Waals surface area contributed by atoms with Crippen LogP contribution in [0.15, 0.2) is 27.7 Å². The quantitative estimate of drug-likeness (QED) is 0.399. The van der Waals surface area contributed by atoms with Gasteiger partial charge in [0, 0.05) is 31.8 Å². The SMILES string of the molecule is CN=C(NCCc1nc(C)no1)Nc1ccc(OC)c(OC)c1.I. The van der Waals surface area contributed by atoms with Gasteiger partial charge in [0.1, 0.15) is 0 Å². The fraction of sp³-hybridized carbons (Fsp3) is 0.400. The van der Waals surface area contributed by atoms with Gasteiger partial charge in [-0.15, -0.1) is 24.0 Å². The number of aromatic nitrogens is 2. The number of hydrogen-bond donors (Lipinski definition) is 2. The van der Waals surface area contributed by atoms with Crippen LogP contribution < -0.4 is 20.1 Å². The van der Waals surface area contributed by atoms with E-state index in [0.717, 1.165) is 5.69 Å². The fourth-order valence-corrected chi connectivity index (χ4v) is 1.96. The van der Waals surface area contributed by atoms with Crippen molar-refractivity contribution in [2.45, 2.75) is 13.3 Å². The molecule has 132 valence electrons. The van der Waals surface area contributed by atoms with Crippen LogP contribution in [0.4, 0.5) is 5.69 Å². The molecule has 0 saturated heterocycles. The van der Waals surface area contributed by atoms with Crippen LogP contribution in [-0.2, 0) is 6.42 Å². The average Bonchev–Trinajstić information content (AvgIpc) is 2.99. The number of nitrogens with zero attached hydrogens (tertiary/aromatic N) is 3. The molecule has 9 heteroatoms. The van der Waals surface area contributed by atoms with Crippen LogP contribution in [-0.4, -0.2) is 43.9 Å². The zero-order valence-electron chi connectivity index (χ0n) is 14.1. The number of rotatable bonds is 6. The minimum absolute atomic E-state index is 0. The van der Waals surface area contributed by atoms with Gasteiger partial charge in [-0.1, -0.05) is 5.16 Å². The lowest BCUT2D eigenvalue weighted by Crippen LogP contribution is -2.32. The maximum absolute atomic E-state index is 5.28. The first-order valence-electron chi connectivity index (χ1n) is 7.15. The monoisotopic (exact) mass is 447 g/mol. The van der Waals surface area contributed by atoms with E-state index < -0.39 is 0 Å². The number of guanidine groups is 1. The van der Waals surface area contributed by atoms with Gasteiger partial charge in [-0.2, -0.15) is 4.98 Å². The molecule has 2 N–H and O–H groups in total. The minimum Gasteiger partial charge on any atom is -0.493 e. The molecule has 0 atom stereocenters. The number of anilines is 1. The number of halogens is 1. The third kappa shape index (κ3) is 5.55. The molecule has 0 saturated carbocycles. The molecular weight excluding hydrogens is 425 g/mol. The molecular formula is C15H22IN5O3. The minimum atomic E-state index is 0. The molecule has 0 amide bonds. The average molecular weight is 447 g/mol. The Balaban J connectivity index is 0.00000288. The summed E-state index contributed by atoms with van der Waals surface area (Å²) in [5.74, 6) is 3.18. The predicted octanol–water partition coefficient (Wildman–Crippen LogP) is 2.24. The lowest BCUT2D eigenvalue weighted by atomic mass is 10.2. The Bertz CT molecular complexity index is 675. The van der Waals surface area contributed by atoms with Crippen LogP contribution in [0.1, 0.15) is 11.7 Å². The van der Waals surface area contributed by atoms with Crippen molar-refractivity contribution in [3.05, 3.63) is 29.9 Å². The Morgan fingerprint density at radius 2 is 2.00 bits per heavy atom. The number of hydrogen-bond acceptors (Lipinski definition) is 6. The maximum Gasteiger partial charge on any atom is 0.228 e. The highest BCUT2D eigenvalue weighted by Crippen LogP contribution is 2.29. The van der Waals surface area contributed by atoms with Crippen molar-refractivity contribution in [2.75, 3.05) is 33.1 Å². The molecule has 1 aromatic carbocycles. The van der Waals surface area contributed by atoms with Crippen LogP contribution in [0, 0.1) is 6.92 Å². The number of aryl methyl sites for hydroxylation is 1. The van der Waals surface area contributed by atoms with Crippen molar-refractivity contribution in [2.24, 2.45) is 4.99 Å². The van der Waals surface area contributed by atoms with Gasteiger partial charge in [-0.05, 0) is 19.1 Å². The van der Waals surface area contributed by atoms with Gasteiger partial charge in [0.25, 0.3) is 0 Å². The van der Waals surface area contributed by atoms with Gasteiger partial charge in [0.05, 0.1) is 14.2 Å². The Hall–Kier alpha value is -2.04. The van der Waals surface area contributed by atoms with Crippen molar-refractivity contribution in [1.29, 1.82) is 0 Å². The van der Waals surface area contributed by atoms with Crippen LogP contribution in [0.25, 0.3) is 0 Å². The lowest BCUT2D eigenvalue weighted by molar-refractivity contribution is 0.355. The second-order valence-corrected chi connectivity index (χ2v) is 4.68. The zero-order valence-corrected chi connectivity index (χ0v) is 16.5. The summed E-state index contributed by atoms with van der Waals surface area (Å²) in [5, 5.41) is 10.1. The summed E-state index contributed by atoms with van der Waals surface area (Å²) in [5.41, 5.74) is 0.837. The summed E-state index contributed by atoms with van der Waals surface area (Å²) >= 11 is 0. The molecule has 0 fully saturated rings. The first kappa shape index (κ1) is 20.0. The summed E-state index contributed by atoms with van der Waals surface area (Å²) in [6.07, 6.45) is 0.619. The van der Waals surface area contributed by atoms with E-state index in [1.54, 1.807) is 28.2 Å². The van der Waals surface area contributed by atoms with Gasteiger partial charge in [0.15, 0.2) is 23.3 Å². The van der Waals surface area contributed by atoms with Crippen LogP contribution in [0.2, 0.25) is 0 Å². The molecule has 2 aromatic rings. The van der Waals surface area contributed by atoms with Gasteiger partial charge >= 0.3 is 0 Å². The molecule has 0 unspecified atom stereocenters. The Morgan fingerprint density at radius 3 is 2.58 bits per heavy atom. The maximum atomic E-state index is 5.28. The highest BCUT2D eigenvalue weighted by Gasteiger charge is 2.07. The van der Waals surface area contributed by atoms with Gasteiger partial charge in [-0.25, -0.2) is 0 Å². The van der Waals surface area contributed by atoms with E-state index in [9.17, 15) is 0 Å². The van der Waals surface area contributed by atoms with Gasteiger partial charge < -0.3 is 24.6 Å². The van der Waals surface area contributed by atoms with E-state index in [1.165, 1.54) is 0 Å². The van der Waals surface area contributed by atoms with Crippen molar-refractivity contribution in [1.82, 2.24) is 15.5 Å². The third-order valence-electron chi connectivity index (χ3n) is 3.07. The summed E-state index contributed by atoms with van der Waals surface area (Å²) in [4.78, 5) is 8.32. The first-order chi connectivity index (χ1) is 11.2. The van der Waals surface area contributed by atoms with E-state index in [1.807, 2.05) is 18.2 Å². The summed E-state index contributed by atoms with van der Waals surface area (Å²) < 4.78 is 15.6. The fourth-order valence-electron chi connectivity index (χ4n) is 1.96. The molecule has 0 aliphatic carbocycles. The highest BCUT2D eigenvalue weighted by atomic mass is 127. The number of methoxy groups -OCH3 is 2. The molecule has 2 rings (SSSR count). The van der Waals surface area contributed by atoms with Gasteiger partial charge in [-0.3, -0.25) is 4.99 Å². The van der Waals surface area contributed by atoms with Gasteiger partial charge in [0.2, 0.25) is 5.89 Å². The smallest absolute Gasteiger partial charge is 0.228 e. The Kier molecular flexibility index (Phi) is 8.30. The van der Waals surface area contributed by atoms with Crippen molar-refractivity contribution >= 4 is 35.6 Å². The Labute approximate surface area is 158 Å². The molecule has 8 nitrogen and oxygen atoms in total. The topological polar surface area (TPSA) is 93.8 Å². The van der Waals surface area contributed by atoms with E-state index >= 15 is 0 Å². The summed E-state index contributed by atoms with van der Waals surface area (Å²) in [6, 6.07) is 5.55. The standard InChI is InChI=1S/C15H21N5O3.HI/c1-10-18-14(23-20-10)7-8-17-15(16-2)19-11-5-6-12(21-3)13(9-11)22-4;/h5-6,9H,7-8H2,1-4H3,(H2,16,17,19);1H. The van der Waals surface area contributed by atoms with E-state index in [2.05, 4.69) is 25.8 Å². The molecule has 1 aromatic heterocycles. The summed E-state index contributed by atoms with van der Waals surface area (Å²) in [6.45, 7) is 2.41. The normalized spacial score (nSPS) is 10.8. The molecule has 0 aliphatic rings.